The summed E-state index contributed by atoms with van der Waals surface area (Å²) in [6, 6.07) is 15.8. The van der Waals surface area contributed by atoms with Crippen LogP contribution < -0.4 is 10.2 Å². The zero-order chi connectivity index (χ0) is 19.1. The Balaban J connectivity index is 1.40. The zero-order valence-corrected chi connectivity index (χ0v) is 15.6. The predicted molar refractivity (Wildman–Crippen MR) is 105 cm³/mol. The number of hydrogen-bond donors (Lipinski definition) is 1. The Morgan fingerprint density at radius 2 is 1.93 bits per heavy atom. The van der Waals surface area contributed by atoms with Crippen molar-refractivity contribution in [1.29, 1.82) is 5.26 Å². The number of hydrogen-bond acceptors (Lipinski definition) is 5. The van der Waals surface area contributed by atoms with Crippen LogP contribution in [0.25, 0.3) is 0 Å². The van der Waals surface area contributed by atoms with E-state index in [1.807, 2.05) is 43.3 Å². The van der Waals surface area contributed by atoms with E-state index in [1.54, 1.807) is 12.3 Å². The van der Waals surface area contributed by atoms with E-state index in [2.05, 4.69) is 26.2 Å². The lowest BCUT2D eigenvalue weighted by Crippen LogP contribution is -2.47. The van der Waals surface area contributed by atoms with Gasteiger partial charge in [0.1, 0.15) is 11.9 Å². The number of nitriles is 1. The van der Waals surface area contributed by atoms with Gasteiger partial charge in [-0.15, -0.1) is 0 Å². The van der Waals surface area contributed by atoms with Crippen LogP contribution in [0.1, 0.15) is 30.5 Å². The molecule has 0 radical (unpaired) electrons. The number of benzene rings is 1. The molecule has 6 nitrogen and oxygen atoms in total. The van der Waals surface area contributed by atoms with Crippen LogP contribution in [0.4, 0.5) is 5.82 Å². The maximum atomic E-state index is 12.2. The lowest BCUT2D eigenvalue weighted by Gasteiger charge is -2.35. The van der Waals surface area contributed by atoms with Crippen LogP contribution in [0.3, 0.4) is 0 Å². The van der Waals surface area contributed by atoms with E-state index < -0.39 is 0 Å². The standard InChI is InChI=1S/C21H25N5O/c1-17(19-5-3-2-4-6-19)24-21(27)9-10-25-11-13-26(14-12-25)20-8-7-18(15-22)16-23-20/h2-8,16-17H,9-14H2,1H3,(H,24,27)/t17-/m1/s1. The Hall–Kier alpha value is -2.91. The fourth-order valence-corrected chi connectivity index (χ4v) is 3.24. The number of rotatable bonds is 6. The smallest absolute Gasteiger partial charge is 0.221 e. The minimum atomic E-state index is 0.0259. The van der Waals surface area contributed by atoms with Crippen molar-refractivity contribution in [3.8, 4) is 6.07 Å². The van der Waals surface area contributed by atoms with Gasteiger partial charge in [-0.05, 0) is 24.6 Å². The monoisotopic (exact) mass is 363 g/mol. The lowest BCUT2D eigenvalue weighted by molar-refractivity contribution is -0.122. The predicted octanol–water partition coefficient (Wildman–Crippen LogP) is 2.34. The molecule has 1 atom stereocenters. The number of nitrogens with one attached hydrogen (secondary N) is 1. The number of nitrogens with zero attached hydrogens (tertiary/aromatic N) is 4. The van der Waals surface area contributed by atoms with Gasteiger partial charge in [0.15, 0.2) is 0 Å². The van der Waals surface area contributed by atoms with Crippen LogP contribution in [0, 0.1) is 11.3 Å². The highest BCUT2D eigenvalue weighted by molar-refractivity contribution is 5.76. The maximum absolute atomic E-state index is 12.2. The van der Waals surface area contributed by atoms with E-state index in [4.69, 9.17) is 5.26 Å². The number of amides is 1. The molecule has 1 aliphatic rings. The molecule has 1 aromatic carbocycles. The quantitative estimate of drug-likeness (QED) is 0.853. The summed E-state index contributed by atoms with van der Waals surface area (Å²) in [7, 11) is 0. The first kappa shape index (κ1) is 18.9. The minimum Gasteiger partial charge on any atom is -0.354 e. The van der Waals surface area contributed by atoms with Crippen molar-refractivity contribution in [3.05, 3.63) is 59.8 Å². The second-order valence-corrected chi connectivity index (χ2v) is 6.80. The second-order valence-electron chi connectivity index (χ2n) is 6.80. The number of carbonyl (C=O) groups is 1. The molecule has 1 N–H and O–H groups in total. The SMILES string of the molecule is C[C@@H](NC(=O)CCN1CCN(c2ccc(C#N)cn2)CC1)c1ccccc1. The molecule has 0 spiro atoms. The molecule has 1 amide bonds. The molecule has 0 unspecified atom stereocenters. The molecule has 1 aliphatic heterocycles. The number of carbonyl (C=O) groups excluding carboxylic acids is 1. The third kappa shape index (κ3) is 5.28. The molecule has 0 bridgehead atoms. The number of anilines is 1. The minimum absolute atomic E-state index is 0.0259. The second kappa shape index (κ2) is 9.15. The molecule has 3 rings (SSSR count). The van der Waals surface area contributed by atoms with E-state index in [9.17, 15) is 4.79 Å². The van der Waals surface area contributed by atoms with E-state index >= 15 is 0 Å². The fraction of sp³-hybridized carbons (Fsp3) is 0.381. The molecule has 1 fully saturated rings. The Bertz CT molecular complexity index is 776. The maximum Gasteiger partial charge on any atom is 0.221 e. The summed E-state index contributed by atoms with van der Waals surface area (Å²) in [5, 5.41) is 11.9. The van der Waals surface area contributed by atoms with Gasteiger partial charge < -0.3 is 10.2 Å². The van der Waals surface area contributed by atoms with E-state index in [-0.39, 0.29) is 11.9 Å². The van der Waals surface area contributed by atoms with Gasteiger partial charge in [0, 0.05) is 45.3 Å². The molecule has 6 heteroatoms. The van der Waals surface area contributed by atoms with E-state index in [0.29, 0.717) is 12.0 Å². The Morgan fingerprint density at radius 1 is 1.19 bits per heavy atom. The summed E-state index contributed by atoms with van der Waals surface area (Å²) in [6.07, 6.45) is 2.12. The van der Waals surface area contributed by atoms with Gasteiger partial charge in [-0.1, -0.05) is 30.3 Å². The number of piperazine rings is 1. The normalized spacial score (nSPS) is 15.8. The molecule has 0 saturated carbocycles. The summed E-state index contributed by atoms with van der Waals surface area (Å²) in [5.41, 5.74) is 1.70. The van der Waals surface area contributed by atoms with Gasteiger partial charge in [-0.3, -0.25) is 9.69 Å². The third-order valence-corrected chi connectivity index (χ3v) is 4.91. The van der Waals surface area contributed by atoms with Crippen molar-refractivity contribution >= 4 is 11.7 Å². The highest BCUT2D eigenvalue weighted by Crippen LogP contribution is 2.14. The Labute approximate surface area is 160 Å². The highest BCUT2D eigenvalue weighted by atomic mass is 16.1. The fourth-order valence-electron chi connectivity index (χ4n) is 3.24. The molecule has 2 heterocycles. The molecular formula is C21H25N5O. The van der Waals surface area contributed by atoms with Crippen LogP contribution in [0.15, 0.2) is 48.7 Å². The first-order chi connectivity index (χ1) is 13.2. The molecule has 1 aromatic heterocycles. The summed E-state index contributed by atoms with van der Waals surface area (Å²) >= 11 is 0. The molecule has 140 valence electrons. The highest BCUT2D eigenvalue weighted by Gasteiger charge is 2.19. The average molecular weight is 363 g/mol. The van der Waals surface area contributed by atoms with Crippen molar-refractivity contribution in [3.63, 3.8) is 0 Å². The number of aromatic nitrogens is 1. The third-order valence-electron chi connectivity index (χ3n) is 4.91. The molecule has 27 heavy (non-hydrogen) atoms. The summed E-state index contributed by atoms with van der Waals surface area (Å²) in [4.78, 5) is 21.1. The van der Waals surface area contributed by atoms with Crippen molar-refractivity contribution in [2.24, 2.45) is 0 Å². The van der Waals surface area contributed by atoms with Gasteiger partial charge in [0.05, 0.1) is 11.6 Å². The Morgan fingerprint density at radius 3 is 2.56 bits per heavy atom. The van der Waals surface area contributed by atoms with Crippen LogP contribution in [-0.2, 0) is 4.79 Å². The topological polar surface area (TPSA) is 72.3 Å². The van der Waals surface area contributed by atoms with Gasteiger partial charge in [-0.2, -0.15) is 5.26 Å². The van der Waals surface area contributed by atoms with Crippen LogP contribution in [0.2, 0.25) is 0 Å². The largest absolute Gasteiger partial charge is 0.354 e. The lowest BCUT2D eigenvalue weighted by atomic mass is 10.1. The van der Waals surface area contributed by atoms with Crippen molar-refractivity contribution in [2.45, 2.75) is 19.4 Å². The summed E-state index contributed by atoms with van der Waals surface area (Å²) < 4.78 is 0. The Kier molecular flexibility index (Phi) is 6.39. The summed E-state index contributed by atoms with van der Waals surface area (Å²) in [5.74, 6) is 0.991. The number of pyridine rings is 1. The van der Waals surface area contributed by atoms with Gasteiger partial charge in [0.25, 0.3) is 0 Å². The first-order valence-electron chi connectivity index (χ1n) is 9.33. The van der Waals surface area contributed by atoms with Crippen molar-refractivity contribution in [2.75, 3.05) is 37.6 Å². The summed E-state index contributed by atoms with van der Waals surface area (Å²) in [6.45, 7) is 6.34. The molecule has 2 aromatic rings. The molecule has 0 aliphatic carbocycles. The van der Waals surface area contributed by atoms with Gasteiger partial charge >= 0.3 is 0 Å². The van der Waals surface area contributed by atoms with Crippen LogP contribution in [-0.4, -0.2) is 48.5 Å². The van der Waals surface area contributed by atoms with E-state index in [1.165, 1.54) is 0 Å². The zero-order valence-electron chi connectivity index (χ0n) is 15.6. The van der Waals surface area contributed by atoms with Crippen LogP contribution in [0.5, 0.6) is 0 Å². The van der Waals surface area contributed by atoms with Crippen LogP contribution >= 0.6 is 0 Å². The average Bonchev–Trinajstić information content (AvgIpc) is 2.73. The van der Waals surface area contributed by atoms with E-state index in [0.717, 1.165) is 44.1 Å². The van der Waals surface area contributed by atoms with Crippen molar-refractivity contribution in [1.82, 2.24) is 15.2 Å². The van der Waals surface area contributed by atoms with Gasteiger partial charge in [-0.25, -0.2) is 4.98 Å². The van der Waals surface area contributed by atoms with Crippen molar-refractivity contribution < 1.29 is 4.79 Å². The first-order valence-corrected chi connectivity index (χ1v) is 9.33. The molecule has 1 saturated heterocycles. The molecular weight excluding hydrogens is 338 g/mol. The van der Waals surface area contributed by atoms with Gasteiger partial charge in [0.2, 0.25) is 5.91 Å².